The van der Waals surface area contributed by atoms with E-state index >= 15 is 0 Å². The largest absolute Gasteiger partial charge is 0.450 e. The molecule has 3 aromatic carbocycles. The zero-order chi connectivity index (χ0) is 17.4. The molecule has 1 saturated heterocycles. The summed E-state index contributed by atoms with van der Waals surface area (Å²) >= 11 is 0. The molecule has 0 N–H and O–H groups in total. The minimum atomic E-state index is -0.779. The SMILES string of the molecule is CC(=O)O[C@@H]1C(=O)N(c2cccc3ccccc23)[C@H]1c1ccccc1. The average Bonchev–Trinajstić information content (AvgIpc) is 2.64. The maximum Gasteiger partial charge on any atom is 0.303 e. The van der Waals surface area contributed by atoms with Gasteiger partial charge in [0.1, 0.15) is 6.04 Å². The fraction of sp³-hybridized carbons (Fsp3) is 0.143. The number of fused-ring (bicyclic) bond motifs is 1. The van der Waals surface area contributed by atoms with Crippen molar-refractivity contribution in [1.82, 2.24) is 0 Å². The molecule has 4 heteroatoms. The van der Waals surface area contributed by atoms with Crippen molar-refractivity contribution in [3.8, 4) is 0 Å². The lowest BCUT2D eigenvalue weighted by Crippen LogP contribution is -2.60. The lowest BCUT2D eigenvalue weighted by atomic mass is 9.89. The van der Waals surface area contributed by atoms with Crippen LogP contribution in [0.2, 0.25) is 0 Å². The quantitative estimate of drug-likeness (QED) is 0.541. The predicted molar refractivity (Wildman–Crippen MR) is 96.2 cm³/mol. The number of benzene rings is 3. The van der Waals surface area contributed by atoms with Gasteiger partial charge in [0.15, 0.2) is 0 Å². The van der Waals surface area contributed by atoms with Crippen molar-refractivity contribution in [2.75, 3.05) is 4.90 Å². The van der Waals surface area contributed by atoms with E-state index in [0.717, 1.165) is 22.0 Å². The maximum absolute atomic E-state index is 12.8. The molecule has 1 aliphatic heterocycles. The molecular formula is C21H17NO3. The van der Waals surface area contributed by atoms with Gasteiger partial charge in [0.05, 0.1) is 5.69 Å². The van der Waals surface area contributed by atoms with Crippen LogP contribution in [0.5, 0.6) is 0 Å². The van der Waals surface area contributed by atoms with E-state index in [4.69, 9.17) is 4.74 Å². The molecule has 1 heterocycles. The standard InChI is InChI=1S/C21H17NO3/c1-14(23)25-20-19(16-9-3-2-4-10-16)22(21(20)24)18-13-7-11-15-8-5-6-12-17(15)18/h2-13,19-20H,1H3/t19-,20-/m0/s1. The molecule has 0 saturated carbocycles. The highest BCUT2D eigenvalue weighted by Gasteiger charge is 2.51. The van der Waals surface area contributed by atoms with Gasteiger partial charge in [-0.25, -0.2) is 0 Å². The third kappa shape index (κ3) is 2.56. The second-order valence-corrected chi connectivity index (χ2v) is 6.09. The Labute approximate surface area is 145 Å². The van der Waals surface area contributed by atoms with Crippen molar-refractivity contribution in [2.45, 2.75) is 19.1 Å². The summed E-state index contributed by atoms with van der Waals surface area (Å²) in [6.45, 7) is 1.33. The van der Waals surface area contributed by atoms with Gasteiger partial charge in [0.25, 0.3) is 5.91 Å². The summed E-state index contributed by atoms with van der Waals surface area (Å²) in [5, 5.41) is 2.07. The third-order valence-corrected chi connectivity index (χ3v) is 4.51. The summed E-state index contributed by atoms with van der Waals surface area (Å²) in [5.74, 6) is -0.641. The first-order chi connectivity index (χ1) is 12.2. The van der Waals surface area contributed by atoms with Gasteiger partial charge >= 0.3 is 5.97 Å². The normalized spacial score (nSPS) is 19.6. The molecule has 0 spiro atoms. The average molecular weight is 331 g/mol. The summed E-state index contributed by atoms with van der Waals surface area (Å²) in [5.41, 5.74) is 1.78. The first-order valence-electron chi connectivity index (χ1n) is 8.20. The Hall–Kier alpha value is -3.14. The van der Waals surface area contributed by atoms with Crippen LogP contribution < -0.4 is 4.90 Å². The lowest BCUT2D eigenvalue weighted by Gasteiger charge is -2.46. The fourth-order valence-corrected chi connectivity index (χ4v) is 3.42. The molecule has 4 nitrogen and oxygen atoms in total. The monoisotopic (exact) mass is 331 g/mol. The van der Waals surface area contributed by atoms with Gasteiger partial charge in [-0.05, 0) is 17.0 Å². The lowest BCUT2D eigenvalue weighted by molar-refractivity contribution is -0.160. The van der Waals surface area contributed by atoms with E-state index in [1.807, 2.05) is 72.8 Å². The Bertz CT molecular complexity index is 946. The van der Waals surface area contributed by atoms with Gasteiger partial charge < -0.3 is 4.74 Å². The van der Waals surface area contributed by atoms with E-state index in [1.54, 1.807) is 4.90 Å². The Morgan fingerprint density at radius 1 is 0.920 bits per heavy atom. The highest BCUT2D eigenvalue weighted by atomic mass is 16.6. The molecule has 2 atom stereocenters. The number of ether oxygens (including phenoxy) is 1. The third-order valence-electron chi connectivity index (χ3n) is 4.51. The van der Waals surface area contributed by atoms with E-state index in [1.165, 1.54) is 6.92 Å². The number of hydrogen-bond donors (Lipinski definition) is 0. The Kier molecular flexibility index (Phi) is 3.73. The Morgan fingerprint density at radius 2 is 1.60 bits per heavy atom. The van der Waals surface area contributed by atoms with Crippen molar-refractivity contribution in [3.63, 3.8) is 0 Å². The first-order valence-corrected chi connectivity index (χ1v) is 8.20. The highest BCUT2D eigenvalue weighted by Crippen LogP contribution is 2.43. The number of carbonyl (C=O) groups excluding carboxylic acids is 2. The molecular weight excluding hydrogens is 314 g/mol. The summed E-state index contributed by atoms with van der Waals surface area (Å²) in [6.07, 6.45) is -0.779. The van der Waals surface area contributed by atoms with E-state index in [9.17, 15) is 9.59 Å². The van der Waals surface area contributed by atoms with Gasteiger partial charge in [-0.2, -0.15) is 0 Å². The fourth-order valence-electron chi connectivity index (χ4n) is 3.42. The molecule has 1 fully saturated rings. The van der Waals surface area contributed by atoms with E-state index in [-0.39, 0.29) is 11.9 Å². The molecule has 1 amide bonds. The van der Waals surface area contributed by atoms with Gasteiger partial charge in [0.2, 0.25) is 6.10 Å². The van der Waals surface area contributed by atoms with Crippen LogP contribution in [0.15, 0.2) is 72.8 Å². The number of esters is 1. The highest BCUT2D eigenvalue weighted by molar-refractivity contribution is 6.11. The van der Waals surface area contributed by atoms with E-state index in [2.05, 4.69) is 0 Å². The summed E-state index contributed by atoms with van der Waals surface area (Å²) in [4.78, 5) is 25.9. The van der Waals surface area contributed by atoms with Crippen molar-refractivity contribution < 1.29 is 14.3 Å². The van der Waals surface area contributed by atoms with Crippen molar-refractivity contribution in [3.05, 3.63) is 78.4 Å². The van der Waals surface area contributed by atoms with Crippen LogP contribution >= 0.6 is 0 Å². The van der Waals surface area contributed by atoms with E-state index in [0.29, 0.717) is 0 Å². The predicted octanol–water partition coefficient (Wildman–Crippen LogP) is 3.86. The van der Waals surface area contributed by atoms with Crippen LogP contribution in [0.4, 0.5) is 5.69 Å². The Balaban J connectivity index is 1.82. The number of anilines is 1. The van der Waals surface area contributed by atoms with Crippen molar-refractivity contribution in [1.29, 1.82) is 0 Å². The molecule has 0 aliphatic carbocycles. The van der Waals surface area contributed by atoms with Gasteiger partial charge in [-0.3, -0.25) is 14.5 Å². The number of rotatable bonds is 3. The van der Waals surface area contributed by atoms with Gasteiger partial charge in [-0.1, -0.05) is 66.7 Å². The number of amides is 1. The van der Waals surface area contributed by atoms with Gasteiger partial charge in [-0.15, -0.1) is 0 Å². The minimum absolute atomic E-state index is 0.194. The molecule has 0 aromatic heterocycles. The topological polar surface area (TPSA) is 46.6 Å². The van der Waals surface area contributed by atoms with E-state index < -0.39 is 12.1 Å². The summed E-state index contributed by atoms with van der Waals surface area (Å²) in [6, 6.07) is 23.2. The van der Waals surface area contributed by atoms with Crippen LogP contribution in [0, 0.1) is 0 Å². The smallest absolute Gasteiger partial charge is 0.303 e. The second-order valence-electron chi connectivity index (χ2n) is 6.09. The molecule has 124 valence electrons. The van der Waals surface area contributed by atoms with Crippen LogP contribution in [-0.4, -0.2) is 18.0 Å². The second kappa shape index (κ2) is 6.06. The number of β-lactam (4-membered cyclic amide) rings is 1. The summed E-state index contributed by atoms with van der Waals surface area (Å²) < 4.78 is 5.30. The molecule has 4 rings (SSSR count). The van der Waals surface area contributed by atoms with Crippen molar-refractivity contribution in [2.24, 2.45) is 0 Å². The molecule has 1 aliphatic rings. The Morgan fingerprint density at radius 3 is 2.36 bits per heavy atom. The zero-order valence-corrected chi connectivity index (χ0v) is 13.8. The zero-order valence-electron chi connectivity index (χ0n) is 13.8. The van der Waals surface area contributed by atoms with Crippen LogP contribution in [-0.2, 0) is 14.3 Å². The molecule has 0 radical (unpaired) electrons. The maximum atomic E-state index is 12.8. The molecule has 0 unspecified atom stereocenters. The minimum Gasteiger partial charge on any atom is -0.450 e. The van der Waals surface area contributed by atoms with Crippen LogP contribution in [0.1, 0.15) is 18.5 Å². The van der Waals surface area contributed by atoms with Crippen LogP contribution in [0.3, 0.4) is 0 Å². The summed E-state index contributed by atoms with van der Waals surface area (Å²) in [7, 11) is 0. The van der Waals surface area contributed by atoms with Gasteiger partial charge in [0, 0.05) is 12.3 Å². The first kappa shape index (κ1) is 15.4. The number of nitrogens with zero attached hydrogens (tertiary/aromatic N) is 1. The van der Waals surface area contributed by atoms with Crippen molar-refractivity contribution >= 4 is 28.3 Å². The molecule has 3 aromatic rings. The molecule has 25 heavy (non-hydrogen) atoms. The van der Waals surface area contributed by atoms with Crippen LogP contribution in [0.25, 0.3) is 10.8 Å². The number of carbonyl (C=O) groups is 2. The number of hydrogen-bond acceptors (Lipinski definition) is 3. The molecule has 0 bridgehead atoms.